The molecule has 1 aromatic carbocycles. The van der Waals surface area contributed by atoms with Gasteiger partial charge in [-0.05, 0) is 37.5 Å². The zero-order chi connectivity index (χ0) is 19.8. The number of imide groups is 1. The van der Waals surface area contributed by atoms with E-state index in [0.717, 1.165) is 16.7 Å². The predicted molar refractivity (Wildman–Crippen MR) is 151 cm³/mol. The minimum atomic E-state index is -0.801. The lowest BCUT2D eigenvalue weighted by Gasteiger charge is -2.29. The molecular formula is C16H85N3O3. The first kappa shape index (κ1) is 11.2. The van der Waals surface area contributed by atoms with Gasteiger partial charge in [0.05, 0.1) is 0 Å². The topological polar surface area (TPSA) is 78.5 Å². The number of carbonyl (C=O) groups excluding carboxylic acids is 3. The average molecular weight is 372 g/mol. The normalized spacial score (nSPS) is 23.0. The summed E-state index contributed by atoms with van der Waals surface area (Å²) in [6, 6.07) is 0.987. The van der Waals surface area contributed by atoms with Gasteiger partial charge in [-0.1, -0.05) is 0 Å². The smallest absolute Gasteiger partial charge is 0.255 e. The Bertz CT molecular complexity index is 809. The van der Waals surface area contributed by atoms with E-state index in [0.29, 0.717) is 16.6 Å². The average Bonchev–Trinajstić information content (AvgIpc) is 2.91. The first-order valence-electron chi connectivity index (χ1n) is 9.15. The number of nitrogens with one attached hydrogen (secondary N) is 2. The number of hydrogen-bond acceptors (Lipinski definition) is 4. The van der Waals surface area contributed by atoms with Crippen molar-refractivity contribution in [2.45, 2.75) is 39.3 Å². The maximum atomic E-state index is 12.8. The highest BCUT2D eigenvalue weighted by Crippen LogP contribution is 2.35. The van der Waals surface area contributed by atoms with Crippen LogP contribution in [0.2, 0.25) is 2.82 Å². The number of piperidine rings is 1. The fourth-order valence-corrected chi connectivity index (χ4v) is 3.18. The van der Waals surface area contributed by atoms with E-state index < -0.39 is 17.9 Å². The van der Waals surface area contributed by atoms with E-state index in [4.69, 9.17) is 5.79 Å². The fourth-order valence-electron chi connectivity index (χ4n) is 3.18. The Kier molecular flexibility index (Phi) is 2.61. The van der Waals surface area contributed by atoms with Crippen molar-refractivity contribution in [3.63, 3.8) is 0 Å². The van der Waals surface area contributed by atoms with Crippen molar-refractivity contribution >= 4 is 23.4 Å². The maximum Gasteiger partial charge on any atom is 0.255 e. The molecule has 1 saturated heterocycles. The number of fused-ring (bicyclic) bond motifs is 1. The number of rotatable bonds is 2. The summed E-state index contributed by atoms with van der Waals surface area (Å²) < 4.78 is 25.5. The SMILES string of the molecule is [2H]N1C(=O)CCC(N2Cc3c(cc(C)c(C)c3N([2H])C)C2=O)C1=O.[2H][2H].[HH].[HH].[HH].[HH].[HH].[HH].[HH].[HH].[HH].[HH].[HH].[HH].[HH].[HH].[HH].[HH].[HH].[HH].[HH].[HH].[HH].[HH].[HH].[HH].[HH].[HH].[HH].[HH].[HH].[HH].[HH].[HH]. The second-order valence-electron chi connectivity index (χ2n) is 5.75. The van der Waals surface area contributed by atoms with E-state index in [1.165, 1.54) is 10.2 Å². The molecule has 0 aliphatic carbocycles. The van der Waals surface area contributed by atoms with Crippen molar-refractivity contribution in [1.29, 1.82) is 0 Å². The van der Waals surface area contributed by atoms with Crippen LogP contribution in [0.4, 0.5) is 5.69 Å². The number of nitrogens with zero attached hydrogens (tertiary/aromatic N) is 1. The van der Waals surface area contributed by atoms with Crippen LogP contribution in [0, 0.1) is 13.8 Å². The number of carbonyl (C=O) groups is 3. The molecule has 3 amide bonds. The summed E-state index contributed by atoms with van der Waals surface area (Å²) in [7, 11) is 1.60. The molecule has 1 fully saturated rings. The largest absolute Gasteiger partial charge is 0.388 e. The molecule has 0 aromatic heterocycles. The van der Waals surface area contributed by atoms with Crippen molar-refractivity contribution < 1.29 is 65.8 Å². The van der Waals surface area contributed by atoms with Crippen LogP contribution in [0.1, 0.15) is 88.5 Å². The monoisotopic (exact) mass is 372 g/mol. The van der Waals surface area contributed by atoms with E-state index >= 15 is 0 Å². The molecule has 6 nitrogen and oxygen atoms in total. The van der Waals surface area contributed by atoms with Gasteiger partial charge in [0.25, 0.3) is 5.91 Å². The molecule has 2 aliphatic rings. The molecule has 6 heteroatoms. The first-order valence-corrected chi connectivity index (χ1v) is 7.26. The van der Waals surface area contributed by atoms with Gasteiger partial charge in [-0.25, -0.2) is 0 Å². The van der Waals surface area contributed by atoms with E-state index in [-0.39, 0.29) is 70.9 Å². The lowest BCUT2D eigenvalue weighted by Crippen LogP contribution is -2.52. The predicted octanol–water partition coefficient (Wildman–Crippen LogP) is 9.22. The van der Waals surface area contributed by atoms with Gasteiger partial charge in [0, 0.05) is 85.4 Å². The van der Waals surface area contributed by atoms with Gasteiger partial charge in [0.2, 0.25) is 11.8 Å². The van der Waals surface area contributed by atoms with E-state index in [2.05, 4.69) is 0 Å². The van der Waals surface area contributed by atoms with Crippen molar-refractivity contribution in [2.24, 2.45) is 0 Å². The molecule has 2 aliphatic heterocycles. The summed E-state index contributed by atoms with van der Waals surface area (Å²) in [5.41, 5.74) is 3.72. The molecule has 1 aromatic rings. The van der Waals surface area contributed by atoms with E-state index in [1.54, 1.807) is 13.1 Å². The summed E-state index contributed by atoms with van der Waals surface area (Å²) in [6.07, 6.45) is 0.306. The molecule has 0 spiro atoms. The van der Waals surface area contributed by atoms with Gasteiger partial charge in [0.15, 0.2) is 2.82 Å². The lowest BCUT2D eigenvalue weighted by molar-refractivity contribution is -0.136. The third kappa shape index (κ3) is 2.06. The van der Waals surface area contributed by atoms with Crippen LogP contribution < -0.4 is 10.6 Å². The molecule has 182 valence electrons. The number of aryl methyl sites for hydroxylation is 1. The zero-order valence-corrected chi connectivity index (χ0v) is 12.8. The Morgan fingerprint density at radius 1 is 1.55 bits per heavy atom. The Balaban J connectivity index is -0.00000000729. The summed E-state index contributed by atoms with van der Waals surface area (Å²) in [5.74, 6) is -1.49. The van der Waals surface area contributed by atoms with Crippen LogP contribution in [-0.2, 0) is 16.1 Å². The van der Waals surface area contributed by atoms with Crippen LogP contribution >= 0.6 is 0 Å². The Morgan fingerprint density at radius 2 is 2.27 bits per heavy atom. The van der Waals surface area contributed by atoms with Crippen molar-refractivity contribution in [3.8, 4) is 0 Å². The minimum absolute atomic E-state index is 0. The summed E-state index contributed by atoms with van der Waals surface area (Å²) >= 11 is 0. The van der Waals surface area contributed by atoms with Gasteiger partial charge in [-0.2, -0.15) is 0 Å². The second kappa shape index (κ2) is 5.12. The van der Waals surface area contributed by atoms with Gasteiger partial charge >= 0.3 is 0 Å². The highest BCUT2D eigenvalue weighted by Gasteiger charge is 2.40. The van der Waals surface area contributed by atoms with Crippen molar-refractivity contribution in [1.82, 2.24) is 10.2 Å². The molecule has 1 unspecified atom stereocenters. The van der Waals surface area contributed by atoms with Gasteiger partial charge < -0.3 is 10.2 Å². The summed E-state index contributed by atoms with van der Waals surface area (Å²) in [5, 5.41) is 1.60. The quantitative estimate of drug-likeness (QED) is 0.507. The molecule has 3 rings (SSSR count). The minimum Gasteiger partial charge on any atom is -0.388 e. The number of hydrogen-bond donors (Lipinski definition) is 2. The molecular weight excluding hydrogens is 282 g/mol. The Morgan fingerprint density at radius 3 is 2.95 bits per heavy atom. The molecule has 0 saturated carbocycles. The van der Waals surface area contributed by atoms with E-state index in [9.17, 15) is 14.4 Å². The fraction of sp³-hybridized carbons (Fsp3) is 0.438. The van der Waals surface area contributed by atoms with Crippen LogP contribution in [0.15, 0.2) is 6.07 Å². The lowest BCUT2D eigenvalue weighted by atomic mass is 9.98. The van der Waals surface area contributed by atoms with Crippen LogP contribution in [-0.4, -0.2) is 35.7 Å². The van der Waals surface area contributed by atoms with Crippen LogP contribution in [0.3, 0.4) is 0 Å². The molecule has 2 heterocycles. The van der Waals surface area contributed by atoms with Gasteiger partial charge in [-0.3, -0.25) is 19.7 Å². The van der Waals surface area contributed by atoms with Gasteiger partial charge in [0.1, 0.15) is 6.04 Å². The first-order chi connectivity index (χ1) is 12.2. The number of benzene rings is 1. The summed E-state index contributed by atoms with van der Waals surface area (Å²) in [6.45, 7) is 4.00. The molecule has 2 N–H and O–H groups in total. The summed E-state index contributed by atoms with van der Waals surface area (Å²) in [4.78, 5) is 37.9. The molecule has 0 bridgehead atoms. The second-order valence-corrected chi connectivity index (χ2v) is 5.75. The third-order valence-corrected chi connectivity index (χ3v) is 4.49. The van der Waals surface area contributed by atoms with Crippen LogP contribution in [0.25, 0.3) is 0 Å². The molecule has 22 heavy (non-hydrogen) atoms. The molecule has 0 radical (unpaired) electrons. The van der Waals surface area contributed by atoms with Gasteiger partial charge in [-0.15, -0.1) is 0 Å². The molecule has 1 atom stereocenters. The third-order valence-electron chi connectivity index (χ3n) is 4.49. The van der Waals surface area contributed by atoms with Crippen molar-refractivity contribution in [3.05, 3.63) is 28.3 Å². The number of anilines is 1. The highest BCUT2D eigenvalue weighted by molar-refractivity contribution is 6.06. The highest BCUT2D eigenvalue weighted by atomic mass is 16.2. The maximum absolute atomic E-state index is 12.8. The Hall–Kier alpha value is -2.37. The van der Waals surface area contributed by atoms with Crippen molar-refractivity contribution in [2.75, 3.05) is 12.4 Å². The Labute approximate surface area is 182 Å². The number of amides is 3. The van der Waals surface area contributed by atoms with Crippen LogP contribution in [0.5, 0.6) is 0 Å². The zero-order valence-electron chi connectivity index (χ0n) is 16.8. The standard InChI is InChI=1S/C16H19N3O3.33H2/c1-8-6-10-11(14(17-3)9(8)2)7-19(16(10)22)12-4-5-13(20)18-15(12)21;;;;;;;;;;;;;;;;;;;;;;;;;;;;;;;;;/h6,12,17H,4-5,7H2,1-3H3,(H,18,20,21);33*1H/i;1+1D;;;;;;;;;;;;;;;;;;;;;;;;;;;;;;;;/hD2. The van der Waals surface area contributed by atoms with E-state index in [1.807, 2.05) is 13.8 Å².